The number of hydrogen-bond donors (Lipinski definition) is 1. The molecule has 1 fully saturated rings. The smallest absolute Gasteiger partial charge is 0.264 e. The number of benzene rings is 3. The summed E-state index contributed by atoms with van der Waals surface area (Å²) >= 11 is 1.50. The molecule has 1 amide bonds. The molecule has 33 heavy (non-hydrogen) atoms. The zero-order valence-electron chi connectivity index (χ0n) is 18.3. The molecule has 1 aliphatic heterocycles. The molecular formula is C28H26N2O2S. The fourth-order valence-electron chi connectivity index (χ4n) is 4.24. The largest absolute Gasteiger partial charge is 0.457 e. The molecule has 2 heterocycles. The molecule has 0 aliphatic carbocycles. The summed E-state index contributed by atoms with van der Waals surface area (Å²) in [4.78, 5) is 16.3. The van der Waals surface area contributed by atoms with Crippen LogP contribution >= 0.6 is 11.3 Å². The van der Waals surface area contributed by atoms with Crippen LogP contribution in [0, 0.1) is 0 Å². The van der Waals surface area contributed by atoms with E-state index >= 15 is 0 Å². The summed E-state index contributed by atoms with van der Waals surface area (Å²) in [6.07, 6.45) is 0.853. The van der Waals surface area contributed by atoms with E-state index in [0.29, 0.717) is 0 Å². The highest BCUT2D eigenvalue weighted by molar-refractivity contribution is 7.12. The van der Waals surface area contributed by atoms with Crippen molar-refractivity contribution in [3.63, 3.8) is 0 Å². The summed E-state index contributed by atoms with van der Waals surface area (Å²) in [5, 5.41) is 5.50. The molecule has 4 aromatic rings. The molecule has 0 spiro atoms. The van der Waals surface area contributed by atoms with Gasteiger partial charge in [0.05, 0.1) is 4.88 Å². The maximum Gasteiger partial charge on any atom is 0.264 e. The molecule has 5 rings (SSSR count). The van der Waals surface area contributed by atoms with Gasteiger partial charge in [0.15, 0.2) is 0 Å². The third kappa shape index (κ3) is 5.00. The second kappa shape index (κ2) is 10.0. The van der Waals surface area contributed by atoms with Crippen molar-refractivity contribution in [2.75, 3.05) is 19.6 Å². The molecule has 3 aromatic carbocycles. The van der Waals surface area contributed by atoms with Crippen molar-refractivity contribution in [1.29, 1.82) is 0 Å². The second-order valence-corrected chi connectivity index (χ2v) is 9.07. The number of nitrogens with one attached hydrogen (secondary N) is 1. The lowest BCUT2D eigenvalue weighted by Gasteiger charge is -2.36. The third-order valence-electron chi connectivity index (χ3n) is 5.90. The number of thiophene rings is 1. The molecule has 1 saturated heterocycles. The molecule has 0 unspecified atom stereocenters. The third-order valence-corrected chi connectivity index (χ3v) is 6.82. The Morgan fingerprint density at radius 1 is 0.970 bits per heavy atom. The fraction of sp³-hybridized carbons (Fsp3) is 0.179. The average molecular weight is 455 g/mol. The van der Waals surface area contributed by atoms with Crippen LogP contribution in [-0.2, 0) is 6.42 Å². The lowest BCUT2D eigenvalue weighted by molar-refractivity contribution is 0.0641. The van der Waals surface area contributed by atoms with E-state index in [4.69, 9.17) is 4.74 Å². The molecule has 5 heteroatoms. The highest BCUT2D eigenvalue weighted by Gasteiger charge is 2.28. The Bertz CT molecular complexity index is 1210. The minimum Gasteiger partial charge on any atom is -0.457 e. The van der Waals surface area contributed by atoms with E-state index in [1.165, 1.54) is 16.9 Å². The molecule has 1 aromatic heterocycles. The Hall–Kier alpha value is -3.41. The predicted octanol–water partition coefficient (Wildman–Crippen LogP) is 5.86. The number of ether oxygens (including phenoxy) is 1. The number of carbonyl (C=O) groups excluding carboxylic acids is 1. The van der Waals surface area contributed by atoms with Crippen molar-refractivity contribution < 1.29 is 9.53 Å². The van der Waals surface area contributed by atoms with E-state index in [0.717, 1.165) is 53.6 Å². The summed E-state index contributed by atoms with van der Waals surface area (Å²) in [6.45, 7) is 2.35. The van der Waals surface area contributed by atoms with Crippen LogP contribution in [-0.4, -0.2) is 36.5 Å². The van der Waals surface area contributed by atoms with Gasteiger partial charge in [0.25, 0.3) is 5.91 Å². The Morgan fingerprint density at radius 3 is 2.52 bits per heavy atom. The molecular weight excluding hydrogens is 428 g/mol. The van der Waals surface area contributed by atoms with E-state index in [2.05, 4.69) is 35.0 Å². The first-order valence-electron chi connectivity index (χ1n) is 11.2. The maximum absolute atomic E-state index is 13.5. The van der Waals surface area contributed by atoms with Gasteiger partial charge in [-0.15, -0.1) is 11.3 Å². The van der Waals surface area contributed by atoms with Crippen LogP contribution in [0.3, 0.4) is 0 Å². The van der Waals surface area contributed by atoms with Gasteiger partial charge in [0.1, 0.15) is 11.5 Å². The summed E-state index contributed by atoms with van der Waals surface area (Å²) in [5.74, 6) is 1.68. The molecule has 0 radical (unpaired) electrons. The number of carbonyl (C=O) groups is 1. The molecule has 1 N–H and O–H groups in total. The summed E-state index contributed by atoms with van der Waals surface area (Å²) < 4.78 is 6.13. The Kier molecular flexibility index (Phi) is 6.51. The van der Waals surface area contributed by atoms with Crippen LogP contribution in [0.2, 0.25) is 0 Å². The van der Waals surface area contributed by atoms with Crippen molar-refractivity contribution in [1.82, 2.24) is 10.2 Å². The number of amides is 1. The number of hydrogen-bond acceptors (Lipinski definition) is 4. The molecule has 1 aliphatic rings. The van der Waals surface area contributed by atoms with Gasteiger partial charge in [-0.2, -0.15) is 0 Å². The van der Waals surface area contributed by atoms with Crippen molar-refractivity contribution in [3.05, 3.63) is 107 Å². The van der Waals surface area contributed by atoms with E-state index in [1.54, 1.807) is 0 Å². The van der Waals surface area contributed by atoms with Gasteiger partial charge in [-0.05, 0) is 47.2 Å². The SMILES string of the molecule is O=C(c1cc(-c2ccccc2Oc2ccccc2)cs1)N1CCNC[C@H]1Cc1ccccc1. The number of piperazine rings is 1. The van der Waals surface area contributed by atoms with Gasteiger partial charge in [0, 0.05) is 31.2 Å². The van der Waals surface area contributed by atoms with Gasteiger partial charge in [-0.1, -0.05) is 66.7 Å². The summed E-state index contributed by atoms with van der Waals surface area (Å²) in [5.41, 5.74) is 3.24. The second-order valence-electron chi connectivity index (χ2n) is 8.16. The Labute approximate surface area is 198 Å². The van der Waals surface area contributed by atoms with Gasteiger partial charge in [-0.25, -0.2) is 0 Å². The van der Waals surface area contributed by atoms with Gasteiger partial charge < -0.3 is 15.0 Å². The lowest BCUT2D eigenvalue weighted by atomic mass is 10.0. The molecule has 166 valence electrons. The first-order valence-corrected chi connectivity index (χ1v) is 12.1. The van der Waals surface area contributed by atoms with Crippen molar-refractivity contribution in [2.24, 2.45) is 0 Å². The Morgan fingerprint density at radius 2 is 1.70 bits per heavy atom. The predicted molar refractivity (Wildman–Crippen MR) is 134 cm³/mol. The lowest BCUT2D eigenvalue weighted by Crippen LogP contribution is -2.54. The van der Waals surface area contributed by atoms with E-state index < -0.39 is 0 Å². The van der Waals surface area contributed by atoms with Gasteiger partial charge in [-0.3, -0.25) is 4.79 Å². The minimum atomic E-state index is 0.107. The molecule has 1 atom stereocenters. The number of nitrogens with zero attached hydrogens (tertiary/aromatic N) is 1. The van der Waals surface area contributed by atoms with Crippen molar-refractivity contribution in [3.8, 4) is 22.6 Å². The van der Waals surface area contributed by atoms with Crippen molar-refractivity contribution >= 4 is 17.2 Å². The van der Waals surface area contributed by atoms with Crippen LogP contribution < -0.4 is 10.1 Å². The van der Waals surface area contributed by atoms with Gasteiger partial charge in [0.2, 0.25) is 0 Å². The van der Waals surface area contributed by atoms with E-state index in [-0.39, 0.29) is 11.9 Å². The minimum absolute atomic E-state index is 0.107. The monoisotopic (exact) mass is 454 g/mol. The quantitative estimate of drug-likeness (QED) is 0.397. The van der Waals surface area contributed by atoms with Crippen LogP contribution in [0.4, 0.5) is 0 Å². The fourth-order valence-corrected chi connectivity index (χ4v) is 5.10. The van der Waals surface area contributed by atoms with Crippen LogP contribution in [0.1, 0.15) is 15.2 Å². The standard InChI is InChI=1S/C28H26N2O2S/c31-28(30-16-15-29-19-23(30)17-21-9-3-1-4-10-21)27-18-22(20-33-27)25-13-7-8-14-26(25)32-24-11-5-2-6-12-24/h1-14,18,20,23,29H,15-17,19H2/t23-/m1/s1. The molecule has 0 bridgehead atoms. The van der Waals surface area contributed by atoms with Crippen molar-refractivity contribution in [2.45, 2.75) is 12.5 Å². The topological polar surface area (TPSA) is 41.6 Å². The summed E-state index contributed by atoms with van der Waals surface area (Å²) in [6, 6.07) is 30.3. The summed E-state index contributed by atoms with van der Waals surface area (Å²) in [7, 11) is 0. The van der Waals surface area contributed by atoms with Gasteiger partial charge >= 0.3 is 0 Å². The number of rotatable bonds is 6. The average Bonchev–Trinajstić information content (AvgIpc) is 3.36. The maximum atomic E-state index is 13.5. The molecule has 0 saturated carbocycles. The van der Waals surface area contributed by atoms with Crippen LogP contribution in [0.25, 0.3) is 11.1 Å². The molecule has 4 nitrogen and oxygen atoms in total. The zero-order valence-corrected chi connectivity index (χ0v) is 19.1. The number of para-hydroxylation sites is 2. The first-order chi connectivity index (χ1) is 16.3. The van der Waals surface area contributed by atoms with E-state index in [9.17, 15) is 4.79 Å². The normalized spacial score (nSPS) is 15.9. The van der Waals surface area contributed by atoms with Crippen LogP contribution in [0.15, 0.2) is 96.4 Å². The van der Waals surface area contributed by atoms with Crippen LogP contribution in [0.5, 0.6) is 11.5 Å². The van der Waals surface area contributed by atoms with E-state index in [1.807, 2.05) is 71.6 Å². The highest BCUT2D eigenvalue weighted by Crippen LogP contribution is 2.36. The Balaban J connectivity index is 1.37. The highest BCUT2D eigenvalue weighted by atomic mass is 32.1. The zero-order chi connectivity index (χ0) is 22.5. The first kappa shape index (κ1) is 21.4.